The highest BCUT2D eigenvalue weighted by atomic mass is 16.2. The van der Waals surface area contributed by atoms with E-state index in [1.165, 1.54) is 0 Å². The Labute approximate surface area is 206 Å². The molecule has 1 atom stereocenters. The molecule has 1 aliphatic rings. The topological polar surface area (TPSA) is 69.7 Å². The monoisotopic (exact) mass is 471 g/mol. The van der Waals surface area contributed by atoms with Gasteiger partial charge < -0.3 is 15.1 Å². The van der Waals surface area contributed by atoms with Crippen molar-refractivity contribution in [2.24, 2.45) is 0 Å². The van der Waals surface area contributed by atoms with E-state index in [2.05, 4.69) is 5.32 Å². The van der Waals surface area contributed by atoms with Crippen molar-refractivity contribution < 1.29 is 14.4 Å². The van der Waals surface area contributed by atoms with Gasteiger partial charge in [0.2, 0.25) is 11.8 Å². The number of hydrogen-bond donors (Lipinski definition) is 1. The molecule has 4 rings (SSSR count). The first-order valence-corrected chi connectivity index (χ1v) is 12.3. The second kappa shape index (κ2) is 10.7. The van der Waals surface area contributed by atoms with Crippen LogP contribution in [-0.2, 0) is 16.0 Å². The van der Waals surface area contributed by atoms with Crippen LogP contribution in [0.4, 0.5) is 5.69 Å². The quantitative estimate of drug-likeness (QED) is 0.471. The molecule has 0 unspecified atom stereocenters. The molecule has 3 aromatic carbocycles. The summed E-state index contributed by atoms with van der Waals surface area (Å²) in [4.78, 5) is 42.5. The Bertz CT molecular complexity index is 1220. The second-order valence-corrected chi connectivity index (χ2v) is 9.40. The molecule has 0 saturated carbocycles. The maximum Gasteiger partial charge on any atom is 0.258 e. The van der Waals surface area contributed by atoms with Gasteiger partial charge in [-0.1, -0.05) is 54.6 Å². The van der Waals surface area contributed by atoms with Crippen LogP contribution < -0.4 is 10.2 Å². The molecule has 0 radical (unpaired) electrons. The van der Waals surface area contributed by atoms with E-state index in [0.29, 0.717) is 31.5 Å². The molecule has 0 aromatic heterocycles. The molecule has 35 heavy (non-hydrogen) atoms. The van der Waals surface area contributed by atoms with Crippen molar-refractivity contribution in [2.45, 2.75) is 52.1 Å². The number of nitrogens with zero attached hydrogens (tertiary/aromatic N) is 2. The van der Waals surface area contributed by atoms with Crippen molar-refractivity contribution in [1.29, 1.82) is 0 Å². The Hall–Kier alpha value is -3.67. The highest BCUT2D eigenvalue weighted by molar-refractivity contribution is 6.25. The Morgan fingerprint density at radius 3 is 2.37 bits per heavy atom. The summed E-state index contributed by atoms with van der Waals surface area (Å²) < 4.78 is 0. The third kappa shape index (κ3) is 5.37. The van der Waals surface area contributed by atoms with Crippen molar-refractivity contribution in [3.8, 4) is 0 Å². The zero-order chi connectivity index (χ0) is 24.9. The highest BCUT2D eigenvalue weighted by Gasteiger charge is 2.30. The van der Waals surface area contributed by atoms with Crippen LogP contribution in [0.5, 0.6) is 0 Å². The number of anilines is 1. The lowest BCUT2D eigenvalue weighted by atomic mass is 10.1. The summed E-state index contributed by atoms with van der Waals surface area (Å²) in [6.45, 7) is 6.51. The van der Waals surface area contributed by atoms with Gasteiger partial charge in [0.1, 0.15) is 6.04 Å². The van der Waals surface area contributed by atoms with Crippen LogP contribution in [0.25, 0.3) is 10.8 Å². The zero-order valence-corrected chi connectivity index (χ0v) is 20.7. The molecule has 182 valence electrons. The Balaban J connectivity index is 1.42. The van der Waals surface area contributed by atoms with E-state index in [4.69, 9.17) is 0 Å². The summed E-state index contributed by atoms with van der Waals surface area (Å²) in [7, 11) is 0. The third-order valence-corrected chi connectivity index (χ3v) is 6.50. The van der Waals surface area contributed by atoms with Crippen LogP contribution in [0.3, 0.4) is 0 Å². The lowest BCUT2D eigenvalue weighted by Gasteiger charge is -2.29. The first kappa shape index (κ1) is 24.5. The van der Waals surface area contributed by atoms with E-state index in [0.717, 1.165) is 22.0 Å². The normalized spacial score (nSPS) is 13.4. The molecule has 6 heteroatoms. The minimum atomic E-state index is -0.569. The van der Waals surface area contributed by atoms with Crippen LogP contribution in [0.1, 0.15) is 49.5 Å². The number of amides is 3. The molecule has 6 nitrogen and oxygen atoms in total. The van der Waals surface area contributed by atoms with Crippen molar-refractivity contribution in [2.75, 3.05) is 18.0 Å². The van der Waals surface area contributed by atoms with Gasteiger partial charge in [0.25, 0.3) is 5.91 Å². The van der Waals surface area contributed by atoms with Crippen molar-refractivity contribution in [1.82, 2.24) is 10.2 Å². The summed E-state index contributed by atoms with van der Waals surface area (Å²) in [5.41, 5.74) is 2.74. The smallest absolute Gasteiger partial charge is 0.258 e. The van der Waals surface area contributed by atoms with Crippen LogP contribution in [0.15, 0.2) is 66.7 Å². The Kier molecular flexibility index (Phi) is 7.49. The molecule has 3 aromatic rings. The Morgan fingerprint density at radius 2 is 1.66 bits per heavy atom. The molecular weight excluding hydrogens is 438 g/mol. The predicted molar refractivity (Wildman–Crippen MR) is 139 cm³/mol. The van der Waals surface area contributed by atoms with Crippen LogP contribution >= 0.6 is 0 Å². The van der Waals surface area contributed by atoms with Gasteiger partial charge in [-0.3, -0.25) is 14.4 Å². The van der Waals surface area contributed by atoms with Gasteiger partial charge >= 0.3 is 0 Å². The molecule has 0 spiro atoms. The molecule has 1 heterocycles. The first-order valence-electron chi connectivity index (χ1n) is 12.3. The number of hydrogen-bond acceptors (Lipinski definition) is 3. The summed E-state index contributed by atoms with van der Waals surface area (Å²) in [5.74, 6) is -0.247. The number of benzene rings is 3. The van der Waals surface area contributed by atoms with Crippen molar-refractivity contribution in [3.63, 3.8) is 0 Å². The molecule has 1 aliphatic heterocycles. The average Bonchev–Trinajstić information content (AvgIpc) is 3.12. The molecule has 0 bridgehead atoms. The summed E-state index contributed by atoms with van der Waals surface area (Å²) >= 11 is 0. The molecular formula is C29H33N3O3. The maximum atomic E-state index is 13.3. The molecule has 0 fully saturated rings. The fraction of sp³-hybridized carbons (Fsp3) is 0.345. The standard InChI is InChI=1S/C29H33N3O3/c1-20(2)30-28(34)21(3)31(19-17-22-10-5-4-6-11-22)26(33)16-9-18-32-25-15-8-13-23-12-7-14-24(27(23)25)29(32)35/h4-8,10-15,20-21H,9,16-19H2,1-3H3,(H,30,34)/t21-/m0/s1. The number of carbonyl (C=O) groups is 3. The summed E-state index contributed by atoms with van der Waals surface area (Å²) in [6, 6.07) is 21.1. The molecule has 1 N–H and O–H groups in total. The van der Waals surface area contributed by atoms with E-state index < -0.39 is 6.04 Å². The fourth-order valence-electron chi connectivity index (χ4n) is 4.71. The van der Waals surface area contributed by atoms with Gasteiger partial charge in [-0.15, -0.1) is 0 Å². The number of nitrogens with one attached hydrogen (secondary N) is 1. The highest BCUT2D eigenvalue weighted by Crippen LogP contribution is 2.37. The van der Waals surface area contributed by atoms with E-state index in [1.807, 2.05) is 80.6 Å². The van der Waals surface area contributed by atoms with Gasteiger partial charge in [-0.25, -0.2) is 0 Å². The summed E-state index contributed by atoms with van der Waals surface area (Å²) in [5, 5.41) is 4.94. The Morgan fingerprint density at radius 1 is 0.943 bits per heavy atom. The van der Waals surface area contributed by atoms with E-state index in [9.17, 15) is 14.4 Å². The second-order valence-electron chi connectivity index (χ2n) is 9.40. The van der Waals surface area contributed by atoms with E-state index in [1.54, 1.807) is 16.7 Å². The molecule has 3 amide bonds. The van der Waals surface area contributed by atoms with Crippen molar-refractivity contribution >= 4 is 34.2 Å². The minimum absolute atomic E-state index is 0.00143. The summed E-state index contributed by atoms with van der Waals surface area (Å²) in [6.07, 6.45) is 1.47. The first-order chi connectivity index (χ1) is 16.9. The lowest BCUT2D eigenvalue weighted by molar-refractivity contribution is -0.140. The SMILES string of the molecule is CC(C)NC(=O)[C@H](C)N(CCc1ccccc1)C(=O)CCCN1C(=O)c2cccc3cccc1c23. The fourth-order valence-corrected chi connectivity index (χ4v) is 4.71. The minimum Gasteiger partial charge on any atom is -0.352 e. The number of rotatable bonds is 10. The third-order valence-electron chi connectivity index (χ3n) is 6.50. The van der Waals surface area contributed by atoms with Gasteiger partial charge in [0.05, 0.1) is 5.69 Å². The van der Waals surface area contributed by atoms with Crippen LogP contribution in [0, 0.1) is 0 Å². The van der Waals surface area contributed by atoms with E-state index >= 15 is 0 Å². The number of carbonyl (C=O) groups excluding carboxylic acids is 3. The zero-order valence-electron chi connectivity index (χ0n) is 20.7. The largest absolute Gasteiger partial charge is 0.352 e. The average molecular weight is 472 g/mol. The van der Waals surface area contributed by atoms with Crippen molar-refractivity contribution in [3.05, 3.63) is 77.9 Å². The lowest BCUT2D eigenvalue weighted by Crippen LogP contribution is -2.50. The van der Waals surface area contributed by atoms with Gasteiger partial charge in [-0.05, 0) is 56.7 Å². The van der Waals surface area contributed by atoms with Gasteiger partial charge in [0, 0.05) is 36.5 Å². The van der Waals surface area contributed by atoms with Crippen LogP contribution in [-0.4, -0.2) is 47.8 Å². The van der Waals surface area contributed by atoms with E-state index in [-0.39, 0.29) is 30.2 Å². The maximum absolute atomic E-state index is 13.3. The molecule has 0 aliphatic carbocycles. The predicted octanol–water partition coefficient (Wildman–Crippen LogP) is 4.56. The molecule has 0 saturated heterocycles. The van der Waals surface area contributed by atoms with Gasteiger partial charge in [-0.2, -0.15) is 0 Å². The van der Waals surface area contributed by atoms with Crippen LogP contribution in [0.2, 0.25) is 0 Å². The van der Waals surface area contributed by atoms with Gasteiger partial charge in [0.15, 0.2) is 0 Å².